The normalized spacial score (nSPS) is 34.3. The highest BCUT2D eigenvalue weighted by molar-refractivity contribution is 5.67. The van der Waals surface area contributed by atoms with Crippen molar-refractivity contribution in [1.29, 1.82) is 0 Å². The van der Waals surface area contributed by atoms with E-state index in [4.69, 9.17) is 4.74 Å². The van der Waals surface area contributed by atoms with Crippen molar-refractivity contribution in [2.24, 2.45) is 16.7 Å². The molecule has 1 aliphatic rings. The Morgan fingerprint density at radius 3 is 2.33 bits per heavy atom. The molecule has 2 heteroatoms. The molecule has 0 aliphatic heterocycles. The molecule has 0 amide bonds. The minimum atomic E-state index is -0.108. The summed E-state index contributed by atoms with van der Waals surface area (Å²) in [6, 6.07) is 0. The molecule has 2 nitrogen and oxygen atoms in total. The number of methoxy groups -OCH3 is 1. The maximum absolute atomic E-state index is 11.0. The molecule has 0 heterocycles. The summed E-state index contributed by atoms with van der Waals surface area (Å²) in [6.45, 7) is 7.07. The van der Waals surface area contributed by atoms with Gasteiger partial charge in [0.15, 0.2) is 0 Å². The van der Waals surface area contributed by atoms with Crippen molar-refractivity contribution in [3.8, 4) is 0 Å². The van der Waals surface area contributed by atoms with Gasteiger partial charge in [0.1, 0.15) is 6.29 Å². The molecule has 1 saturated carbocycles. The van der Waals surface area contributed by atoms with Gasteiger partial charge < -0.3 is 9.53 Å². The van der Waals surface area contributed by atoms with Crippen LogP contribution in [0.3, 0.4) is 0 Å². The Morgan fingerprint density at radius 2 is 2.08 bits per heavy atom. The van der Waals surface area contributed by atoms with Gasteiger partial charge in [0.2, 0.25) is 0 Å². The highest BCUT2D eigenvalue weighted by Gasteiger charge is 2.63. The summed E-state index contributed by atoms with van der Waals surface area (Å²) in [7, 11) is 1.68. The zero-order valence-corrected chi connectivity index (χ0v) is 8.39. The molecule has 0 bridgehead atoms. The first-order chi connectivity index (χ1) is 5.50. The van der Waals surface area contributed by atoms with E-state index in [-0.39, 0.29) is 10.8 Å². The number of rotatable bonds is 4. The summed E-state index contributed by atoms with van der Waals surface area (Å²) >= 11 is 0. The van der Waals surface area contributed by atoms with Crippen molar-refractivity contribution in [2.45, 2.75) is 27.2 Å². The summed E-state index contributed by atoms with van der Waals surface area (Å²) in [5.41, 5.74) is 0.0791. The van der Waals surface area contributed by atoms with Crippen LogP contribution in [0.25, 0.3) is 0 Å². The summed E-state index contributed by atoms with van der Waals surface area (Å²) in [5, 5.41) is 0. The molecule has 2 atom stereocenters. The predicted molar refractivity (Wildman–Crippen MR) is 47.9 cm³/mol. The fourth-order valence-electron chi connectivity index (χ4n) is 2.24. The van der Waals surface area contributed by atoms with Gasteiger partial charge in [-0.05, 0) is 17.8 Å². The van der Waals surface area contributed by atoms with E-state index >= 15 is 0 Å². The molecule has 12 heavy (non-hydrogen) atoms. The molecule has 70 valence electrons. The first kappa shape index (κ1) is 9.72. The van der Waals surface area contributed by atoms with Gasteiger partial charge in [-0.15, -0.1) is 0 Å². The number of carbonyl (C=O) groups is 1. The van der Waals surface area contributed by atoms with Crippen molar-refractivity contribution < 1.29 is 9.53 Å². The summed E-state index contributed by atoms with van der Waals surface area (Å²) in [5.74, 6) is 0.343. The highest BCUT2D eigenvalue weighted by Crippen LogP contribution is 2.66. The molecule has 0 spiro atoms. The number of aldehydes is 1. The lowest BCUT2D eigenvalue weighted by Gasteiger charge is -2.20. The van der Waals surface area contributed by atoms with E-state index in [1.165, 1.54) is 0 Å². The Kier molecular flexibility index (Phi) is 2.30. The lowest BCUT2D eigenvalue weighted by molar-refractivity contribution is -0.115. The van der Waals surface area contributed by atoms with Crippen LogP contribution < -0.4 is 0 Å². The van der Waals surface area contributed by atoms with Crippen LogP contribution in [-0.2, 0) is 9.53 Å². The van der Waals surface area contributed by atoms with E-state index in [1.54, 1.807) is 7.11 Å². The molecule has 0 N–H and O–H groups in total. The van der Waals surface area contributed by atoms with E-state index in [0.717, 1.165) is 12.7 Å². The average Bonchev–Trinajstić information content (AvgIpc) is 2.55. The van der Waals surface area contributed by atoms with Crippen molar-refractivity contribution >= 4 is 6.29 Å². The van der Waals surface area contributed by atoms with E-state index < -0.39 is 0 Å². The van der Waals surface area contributed by atoms with Crippen LogP contribution in [0, 0.1) is 16.7 Å². The molecule has 0 aromatic carbocycles. The maximum Gasteiger partial charge on any atom is 0.127 e. The molecular weight excluding hydrogens is 152 g/mol. The Labute approximate surface area is 74.3 Å². The zero-order chi connectivity index (χ0) is 9.41. The van der Waals surface area contributed by atoms with E-state index in [1.807, 2.05) is 0 Å². The topological polar surface area (TPSA) is 26.3 Å². The van der Waals surface area contributed by atoms with E-state index in [0.29, 0.717) is 12.5 Å². The number of hydrogen-bond acceptors (Lipinski definition) is 2. The number of carbonyl (C=O) groups excluding carboxylic acids is 1. The van der Waals surface area contributed by atoms with Crippen LogP contribution in [-0.4, -0.2) is 20.0 Å². The minimum Gasteiger partial charge on any atom is -0.384 e. The molecule has 1 aliphatic carbocycles. The molecule has 0 aromatic heterocycles. The van der Waals surface area contributed by atoms with Gasteiger partial charge in [0, 0.05) is 19.1 Å². The van der Waals surface area contributed by atoms with Crippen LogP contribution in [0.1, 0.15) is 27.2 Å². The number of hydrogen-bond donors (Lipinski definition) is 0. The Balaban J connectivity index is 2.65. The van der Waals surface area contributed by atoms with Crippen molar-refractivity contribution in [3.63, 3.8) is 0 Å². The van der Waals surface area contributed by atoms with Crippen LogP contribution in [0.2, 0.25) is 0 Å². The maximum atomic E-state index is 11.0. The second-order valence-corrected chi connectivity index (χ2v) is 4.58. The van der Waals surface area contributed by atoms with Crippen LogP contribution in [0.15, 0.2) is 0 Å². The quantitative estimate of drug-likeness (QED) is 0.602. The fourth-order valence-corrected chi connectivity index (χ4v) is 2.24. The molecule has 0 saturated heterocycles. The number of ether oxygens (including phenoxy) is 1. The van der Waals surface area contributed by atoms with Gasteiger partial charge in [-0.25, -0.2) is 0 Å². The average molecular weight is 170 g/mol. The van der Waals surface area contributed by atoms with Gasteiger partial charge in [-0.1, -0.05) is 20.8 Å². The standard InChI is InChI=1S/C10H18O2/c1-8(5-12-4)10(7-11)6-9(10,2)3/h7-8H,5-6H2,1-4H3. The first-order valence-electron chi connectivity index (χ1n) is 4.45. The van der Waals surface area contributed by atoms with Crippen molar-refractivity contribution in [1.82, 2.24) is 0 Å². The summed E-state index contributed by atoms with van der Waals surface area (Å²) < 4.78 is 5.07. The van der Waals surface area contributed by atoms with Gasteiger partial charge in [-0.2, -0.15) is 0 Å². The largest absolute Gasteiger partial charge is 0.384 e. The van der Waals surface area contributed by atoms with Crippen molar-refractivity contribution in [3.05, 3.63) is 0 Å². The molecule has 0 aromatic rings. The second-order valence-electron chi connectivity index (χ2n) is 4.58. The van der Waals surface area contributed by atoms with Crippen molar-refractivity contribution in [2.75, 3.05) is 13.7 Å². The van der Waals surface area contributed by atoms with Gasteiger partial charge in [0.25, 0.3) is 0 Å². The summed E-state index contributed by atoms with van der Waals surface area (Å²) in [6.07, 6.45) is 2.13. The van der Waals surface area contributed by atoms with E-state index in [2.05, 4.69) is 20.8 Å². The smallest absolute Gasteiger partial charge is 0.127 e. The first-order valence-corrected chi connectivity index (χ1v) is 4.45. The third-order valence-corrected chi connectivity index (χ3v) is 3.38. The van der Waals surface area contributed by atoms with Gasteiger partial charge in [-0.3, -0.25) is 0 Å². The lowest BCUT2D eigenvalue weighted by atomic mass is 9.85. The Hall–Kier alpha value is -0.370. The van der Waals surface area contributed by atoms with Gasteiger partial charge >= 0.3 is 0 Å². The zero-order valence-electron chi connectivity index (χ0n) is 8.39. The molecule has 1 fully saturated rings. The molecule has 0 radical (unpaired) electrons. The fraction of sp³-hybridized carbons (Fsp3) is 0.900. The predicted octanol–water partition coefficient (Wildman–Crippen LogP) is 1.88. The third-order valence-electron chi connectivity index (χ3n) is 3.38. The van der Waals surface area contributed by atoms with Crippen LogP contribution >= 0.6 is 0 Å². The lowest BCUT2D eigenvalue weighted by Crippen LogP contribution is -2.24. The van der Waals surface area contributed by atoms with E-state index in [9.17, 15) is 4.79 Å². The highest BCUT2D eigenvalue weighted by atomic mass is 16.5. The molecule has 1 rings (SSSR count). The molecule has 2 unspecified atom stereocenters. The summed E-state index contributed by atoms with van der Waals surface area (Å²) in [4.78, 5) is 11.0. The Bertz CT molecular complexity index is 186. The van der Waals surface area contributed by atoms with Gasteiger partial charge in [0.05, 0.1) is 0 Å². The molecular formula is C10H18O2. The van der Waals surface area contributed by atoms with Crippen LogP contribution in [0.5, 0.6) is 0 Å². The third kappa shape index (κ3) is 1.18. The Morgan fingerprint density at radius 1 is 1.58 bits per heavy atom. The van der Waals surface area contributed by atoms with Crippen LogP contribution in [0.4, 0.5) is 0 Å². The monoisotopic (exact) mass is 170 g/mol. The second kappa shape index (κ2) is 2.84. The minimum absolute atomic E-state index is 0.108. The SMILES string of the molecule is COCC(C)C1(C=O)CC1(C)C.